The number of piperidine rings is 1. The van der Waals surface area contributed by atoms with Gasteiger partial charge in [-0.1, -0.05) is 18.2 Å². The molecule has 1 fully saturated rings. The maximum absolute atomic E-state index is 12.9. The first-order chi connectivity index (χ1) is 14.6. The number of anilines is 1. The van der Waals surface area contributed by atoms with Crippen LogP contribution >= 0.6 is 0 Å². The molecule has 1 saturated heterocycles. The van der Waals surface area contributed by atoms with Crippen LogP contribution in [0.1, 0.15) is 35.3 Å². The first-order valence-electron chi connectivity index (χ1n) is 10.5. The third-order valence-electron chi connectivity index (χ3n) is 6.44. The number of ether oxygens (including phenoxy) is 1. The number of nitrogens with zero attached hydrogens (tertiary/aromatic N) is 4. The first kappa shape index (κ1) is 18.9. The molecule has 2 aliphatic rings. The molecular weight excluding hydrogens is 376 g/mol. The van der Waals surface area contributed by atoms with E-state index in [4.69, 9.17) is 4.74 Å². The maximum Gasteiger partial charge on any atom is 0.251 e. The fourth-order valence-corrected chi connectivity index (χ4v) is 5.10. The molecule has 2 aliphatic heterocycles. The smallest absolute Gasteiger partial charge is 0.251 e. The van der Waals surface area contributed by atoms with Crippen LogP contribution in [0.4, 0.5) is 5.95 Å². The van der Waals surface area contributed by atoms with Gasteiger partial charge in [0.1, 0.15) is 5.75 Å². The van der Waals surface area contributed by atoms with Gasteiger partial charge in [-0.05, 0) is 55.5 Å². The highest BCUT2D eigenvalue weighted by Crippen LogP contribution is 2.43. The van der Waals surface area contributed by atoms with E-state index in [0.29, 0.717) is 11.8 Å². The second-order valence-electron chi connectivity index (χ2n) is 8.38. The third kappa shape index (κ3) is 3.36. The molecule has 2 bridgehead atoms. The normalized spacial score (nSPS) is 22.5. The van der Waals surface area contributed by atoms with E-state index in [1.165, 1.54) is 5.56 Å². The van der Waals surface area contributed by atoms with E-state index >= 15 is 0 Å². The van der Waals surface area contributed by atoms with E-state index in [9.17, 15) is 4.79 Å². The van der Waals surface area contributed by atoms with Gasteiger partial charge in [0.25, 0.3) is 5.56 Å². The Morgan fingerprint density at radius 1 is 1.13 bits per heavy atom. The van der Waals surface area contributed by atoms with Crippen molar-refractivity contribution in [3.63, 3.8) is 0 Å². The first-order valence-corrected chi connectivity index (χ1v) is 10.5. The summed E-state index contributed by atoms with van der Waals surface area (Å²) in [6, 6.07) is 15.9. The molecule has 30 heavy (non-hydrogen) atoms. The summed E-state index contributed by atoms with van der Waals surface area (Å²) in [4.78, 5) is 24.4. The number of hydrogen-bond acceptors (Lipinski definition) is 5. The van der Waals surface area contributed by atoms with Gasteiger partial charge in [-0.25, -0.2) is 9.97 Å². The Hall–Kier alpha value is -3.15. The Labute approximate surface area is 176 Å². The highest BCUT2D eigenvalue weighted by Gasteiger charge is 2.41. The quantitative estimate of drug-likeness (QED) is 0.670. The molecule has 5 rings (SSSR count). The minimum atomic E-state index is 0.0929. The molecule has 0 saturated carbocycles. The molecule has 0 spiro atoms. The number of rotatable bonds is 4. The molecule has 154 valence electrons. The van der Waals surface area contributed by atoms with Gasteiger partial charge in [-0.15, -0.1) is 0 Å². The highest BCUT2D eigenvalue weighted by atomic mass is 16.5. The summed E-state index contributed by atoms with van der Waals surface area (Å²) in [5.74, 6) is 2.30. The molecule has 0 radical (unpaired) electrons. The standard InChI is InChI=1S/C24H26N4O2/c1-16-9-10-25-24(26-16)27-14-18-13-19(15-27)22(28-21(18)7-4-8-23(28)29)12-17-5-3-6-20(11-17)30-2/h3-11,18-19,22H,12-15H2,1-2H3/t18-,19+,22+/m1/s1. The SMILES string of the molecule is COc1cccc(C[C@H]2[C@H]3C[C@H](CN(c4nccc(C)n4)C3)c3cccc(=O)n32)c1. The third-order valence-corrected chi connectivity index (χ3v) is 6.44. The number of hydrogen-bond donors (Lipinski definition) is 0. The molecule has 2 aromatic heterocycles. The van der Waals surface area contributed by atoms with Crippen molar-refractivity contribution in [2.75, 3.05) is 25.1 Å². The van der Waals surface area contributed by atoms with Crippen LogP contribution < -0.4 is 15.2 Å². The molecule has 0 amide bonds. The summed E-state index contributed by atoms with van der Waals surface area (Å²) in [6.07, 6.45) is 3.71. The van der Waals surface area contributed by atoms with Gasteiger partial charge in [-0.2, -0.15) is 0 Å². The van der Waals surface area contributed by atoms with Crippen LogP contribution in [0.15, 0.2) is 59.5 Å². The van der Waals surface area contributed by atoms with Gasteiger partial charge >= 0.3 is 0 Å². The number of pyridine rings is 1. The number of aromatic nitrogens is 3. The van der Waals surface area contributed by atoms with E-state index in [2.05, 4.69) is 33.1 Å². The van der Waals surface area contributed by atoms with Gasteiger partial charge in [0.05, 0.1) is 7.11 Å². The molecular formula is C24H26N4O2. The van der Waals surface area contributed by atoms with E-state index in [1.54, 1.807) is 13.2 Å². The summed E-state index contributed by atoms with van der Waals surface area (Å²) < 4.78 is 7.46. The van der Waals surface area contributed by atoms with E-state index < -0.39 is 0 Å². The molecule has 3 aromatic rings. The lowest BCUT2D eigenvalue weighted by atomic mass is 9.76. The van der Waals surface area contributed by atoms with E-state index in [-0.39, 0.29) is 11.6 Å². The number of methoxy groups -OCH3 is 1. The summed E-state index contributed by atoms with van der Waals surface area (Å²) in [6.45, 7) is 3.70. The number of aryl methyl sites for hydroxylation is 1. The van der Waals surface area contributed by atoms with Gasteiger partial charge in [0, 0.05) is 48.7 Å². The van der Waals surface area contributed by atoms with Crippen molar-refractivity contribution in [1.82, 2.24) is 14.5 Å². The van der Waals surface area contributed by atoms with Gasteiger partial charge in [0.2, 0.25) is 5.95 Å². The lowest BCUT2D eigenvalue weighted by Gasteiger charge is -2.47. The van der Waals surface area contributed by atoms with Crippen LogP contribution in [-0.2, 0) is 6.42 Å². The van der Waals surface area contributed by atoms with Crippen LogP contribution in [0, 0.1) is 12.8 Å². The Morgan fingerprint density at radius 3 is 2.83 bits per heavy atom. The average Bonchev–Trinajstić information content (AvgIpc) is 2.77. The predicted octanol–water partition coefficient (Wildman–Crippen LogP) is 3.36. The largest absolute Gasteiger partial charge is 0.497 e. The molecule has 0 unspecified atom stereocenters. The molecule has 0 N–H and O–H groups in total. The summed E-state index contributed by atoms with van der Waals surface area (Å²) in [5, 5.41) is 0. The van der Waals surface area contributed by atoms with Crippen LogP contribution in [0.25, 0.3) is 0 Å². The zero-order valence-electron chi connectivity index (χ0n) is 17.4. The lowest BCUT2D eigenvalue weighted by Crippen LogP contribution is -2.50. The molecule has 6 heteroatoms. The van der Waals surface area contributed by atoms with Crippen molar-refractivity contribution in [1.29, 1.82) is 0 Å². The van der Waals surface area contributed by atoms with Crippen LogP contribution in [-0.4, -0.2) is 34.7 Å². The summed E-state index contributed by atoms with van der Waals surface area (Å²) in [5.41, 5.74) is 3.38. The van der Waals surface area contributed by atoms with Crippen molar-refractivity contribution in [2.45, 2.75) is 31.7 Å². The van der Waals surface area contributed by atoms with E-state index in [0.717, 1.165) is 49.0 Å². The lowest BCUT2D eigenvalue weighted by molar-refractivity contribution is 0.210. The fraction of sp³-hybridized carbons (Fsp3) is 0.375. The average molecular weight is 402 g/mol. The van der Waals surface area contributed by atoms with Crippen LogP contribution in [0.5, 0.6) is 5.75 Å². The molecule has 4 heterocycles. The van der Waals surface area contributed by atoms with Crippen molar-refractivity contribution >= 4 is 5.95 Å². The number of benzene rings is 1. The van der Waals surface area contributed by atoms with Crippen molar-refractivity contribution in [2.24, 2.45) is 5.92 Å². The Bertz CT molecular complexity index is 1130. The van der Waals surface area contributed by atoms with Crippen LogP contribution in [0.2, 0.25) is 0 Å². The van der Waals surface area contributed by atoms with Crippen LogP contribution in [0.3, 0.4) is 0 Å². The Kier molecular flexibility index (Phi) is 4.77. The second-order valence-corrected chi connectivity index (χ2v) is 8.38. The number of fused-ring (bicyclic) bond motifs is 4. The van der Waals surface area contributed by atoms with Crippen molar-refractivity contribution < 1.29 is 4.74 Å². The zero-order chi connectivity index (χ0) is 20.7. The van der Waals surface area contributed by atoms with E-state index in [1.807, 2.05) is 42.0 Å². The summed E-state index contributed by atoms with van der Waals surface area (Å²) >= 11 is 0. The zero-order valence-corrected chi connectivity index (χ0v) is 17.4. The highest BCUT2D eigenvalue weighted by molar-refractivity contribution is 5.36. The molecule has 1 aromatic carbocycles. The van der Waals surface area contributed by atoms with Gasteiger partial charge in [0.15, 0.2) is 0 Å². The topological polar surface area (TPSA) is 60.2 Å². The monoisotopic (exact) mass is 402 g/mol. The molecule has 0 aliphatic carbocycles. The molecule has 6 nitrogen and oxygen atoms in total. The molecule has 3 atom stereocenters. The Balaban J connectivity index is 1.54. The maximum atomic E-state index is 12.9. The fourth-order valence-electron chi connectivity index (χ4n) is 5.10. The predicted molar refractivity (Wildman–Crippen MR) is 116 cm³/mol. The second kappa shape index (κ2) is 7.59. The summed E-state index contributed by atoms with van der Waals surface area (Å²) in [7, 11) is 1.69. The minimum Gasteiger partial charge on any atom is -0.497 e. The van der Waals surface area contributed by atoms with Gasteiger partial charge < -0.3 is 14.2 Å². The Morgan fingerprint density at radius 2 is 2.00 bits per heavy atom. The van der Waals surface area contributed by atoms with Gasteiger partial charge in [-0.3, -0.25) is 4.79 Å². The van der Waals surface area contributed by atoms with Crippen molar-refractivity contribution in [3.05, 3.63) is 82.0 Å². The van der Waals surface area contributed by atoms with Crippen molar-refractivity contribution in [3.8, 4) is 5.75 Å². The minimum absolute atomic E-state index is 0.0929.